The number of nitrogens with two attached hydrogens (primary N) is 1. The van der Waals surface area contributed by atoms with Crippen molar-refractivity contribution in [3.63, 3.8) is 0 Å². The number of nitrogens with one attached hydrogen (secondary N) is 2. The summed E-state index contributed by atoms with van der Waals surface area (Å²) in [5, 5.41) is 54.2. The highest BCUT2D eigenvalue weighted by atomic mass is 32.1. The molecule has 0 aliphatic carbocycles. The van der Waals surface area contributed by atoms with Crippen LogP contribution in [-0.2, 0) is 0 Å². The van der Waals surface area contributed by atoms with Crippen molar-refractivity contribution >= 4 is 29.0 Å². The van der Waals surface area contributed by atoms with Gasteiger partial charge in [-0.25, -0.2) is 4.79 Å². The minimum atomic E-state index is -1.85. The van der Waals surface area contributed by atoms with Crippen molar-refractivity contribution in [1.29, 1.82) is 0 Å². The first-order valence-electron chi connectivity index (χ1n) is 10.0. The van der Waals surface area contributed by atoms with Crippen molar-refractivity contribution in [2.24, 2.45) is 11.7 Å². The Morgan fingerprint density at radius 2 is 1.79 bits per heavy atom. The van der Waals surface area contributed by atoms with E-state index in [4.69, 9.17) is 15.6 Å². The smallest absolute Gasteiger partial charge is 0.316 e. The van der Waals surface area contributed by atoms with Gasteiger partial charge >= 0.3 is 6.03 Å². The Hall–Kier alpha value is -2.74. The second kappa shape index (κ2) is 11.4. The predicted octanol–water partition coefficient (Wildman–Crippen LogP) is -0.0180. The first-order chi connectivity index (χ1) is 15.5. The molecule has 182 valence electrons. The van der Waals surface area contributed by atoms with Crippen LogP contribution in [0.2, 0.25) is 0 Å². The molecular formula is C21H29N3O8S. The first kappa shape index (κ1) is 26.5. The molecule has 11 nitrogen and oxygen atoms in total. The number of primary amides is 1. The van der Waals surface area contributed by atoms with Crippen LogP contribution >= 0.6 is 11.3 Å². The number of thiophene rings is 1. The maximum Gasteiger partial charge on any atom is 0.316 e. The van der Waals surface area contributed by atoms with Crippen molar-refractivity contribution in [1.82, 2.24) is 5.32 Å². The van der Waals surface area contributed by atoms with Gasteiger partial charge in [0.15, 0.2) is 0 Å². The zero-order valence-electron chi connectivity index (χ0n) is 18.3. The maximum absolute atomic E-state index is 12.1. The summed E-state index contributed by atoms with van der Waals surface area (Å²) in [4.78, 5) is 24.3. The number of anilines is 1. The number of benzene rings is 1. The van der Waals surface area contributed by atoms with E-state index in [-0.39, 0.29) is 22.2 Å². The zero-order chi connectivity index (χ0) is 24.9. The van der Waals surface area contributed by atoms with E-state index in [0.29, 0.717) is 16.0 Å². The van der Waals surface area contributed by atoms with Crippen molar-refractivity contribution in [2.45, 2.75) is 38.4 Å². The number of carbonyl (C=O) groups is 2. The minimum absolute atomic E-state index is 0.209. The fourth-order valence-electron chi connectivity index (χ4n) is 2.99. The van der Waals surface area contributed by atoms with Crippen LogP contribution < -0.4 is 21.1 Å². The lowest BCUT2D eigenvalue weighted by Crippen LogP contribution is -2.49. The molecule has 2 aromatic rings. The van der Waals surface area contributed by atoms with Gasteiger partial charge in [-0.15, -0.1) is 11.3 Å². The molecule has 0 radical (unpaired) electrons. The summed E-state index contributed by atoms with van der Waals surface area (Å²) in [7, 11) is 1.46. The quantitative estimate of drug-likeness (QED) is 0.216. The van der Waals surface area contributed by atoms with Gasteiger partial charge in [-0.2, -0.15) is 0 Å². The Morgan fingerprint density at radius 1 is 1.12 bits per heavy atom. The van der Waals surface area contributed by atoms with Crippen molar-refractivity contribution in [3.8, 4) is 16.2 Å². The molecule has 5 atom stereocenters. The number of hydrogen-bond acceptors (Lipinski definition) is 9. The molecular weight excluding hydrogens is 454 g/mol. The van der Waals surface area contributed by atoms with Crippen LogP contribution in [0.1, 0.15) is 22.2 Å². The molecule has 1 aromatic heterocycles. The van der Waals surface area contributed by atoms with Crippen LogP contribution in [0, 0.1) is 12.8 Å². The third kappa shape index (κ3) is 6.41. The lowest BCUT2D eigenvalue weighted by atomic mass is 9.97. The van der Waals surface area contributed by atoms with Gasteiger partial charge in [-0.05, 0) is 42.3 Å². The SMILES string of the molecule is CNC(=O)c1sc(-c2ccc(OC(O)C(O)C(O)C(O)C(C)CO)c(C)c2)cc1NC(N)=O. The lowest BCUT2D eigenvalue weighted by Gasteiger charge is -2.29. The Kier molecular flexibility index (Phi) is 9.16. The summed E-state index contributed by atoms with van der Waals surface area (Å²) < 4.78 is 5.36. The molecule has 0 saturated carbocycles. The van der Waals surface area contributed by atoms with Crippen molar-refractivity contribution < 1.29 is 39.9 Å². The lowest BCUT2D eigenvalue weighted by molar-refractivity contribution is -0.172. The Bertz CT molecular complexity index is 982. The molecule has 33 heavy (non-hydrogen) atoms. The standard InChI is InChI=1S/C21H29N3O8S/c1-9-6-11(14-7-12(24-21(22)31)18(33-14)19(29)23-3)4-5-13(9)32-20(30)17(28)16(27)15(26)10(2)8-25/h4-7,10,15-17,20,25-28,30H,8H2,1-3H3,(H,23,29)(H3,22,24,31). The molecule has 2 rings (SSSR count). The Labute approximate surface area is 194 Å². The number of aliphatic hydroxyl groups excluding tert-OH is 5. The highest BCUT2D eigenvalue weighted by molar-refractivity contribution is 7.18. The van der Waals surface area contributed by atoms with E-state index in [2.05, 4.69) is 10.6 Å². The van der Waals surface area contributed by atoms with Crippen LogP contribution in [0.5, 0.6) is 5.75 Å². The molecule has 0 bridgehead atoms. The minimum Gasteiger partial charge on any atom is -0.462 e. The molecule has 0 aliphatic rings. The van der Waals surface area contributed by atoms with E-state index in [9.17, 15) is 30.0 Å². The van der Waals surface area contributed by atoms with Crippen molar-refractivity contribution in [2.75, 3.05) is 19.0 Å². The second-order valence-electron chi connectivity index (χ2n) is 7.54. The monoisotopic (exact) mass is 483 g/mol. The second-order valence-corrected chi connectivity index (χ2v) is 8.59. The topological polar surface area (TPSA) is 195 Å². The van der Waals surface area contributed by atoms with Gasteiger partial charge in [0, 0.05) is 24.4 Å². The van der Waals surface area contributed by atoms with Crippen molar-refractivity contribution in [3.05, 3.63) is 34.7 Å². The number of aliphatic hydroxyl groups is 5. The van der Waals surface area contributed by atoms with Gasteiger partial charge < -0.3 is 46.6 Å². The molecule has 0 aliphatic heterocycles. The van der Waals surface area contributed by atoms with Crippen LogP contribution in [-0.4, -0.2) is 75.7 Å². The number of rotatable bonds is 10. The number of amides is 3. The van der Waals surface area contributed by atoms with Gasteiger partial charge in [0.25, 0.3) is 5.91 Å². The molecule has 0 spiro atoms. The number of carbonyl (C=O) groups excluding carboxylic acids is 2. The van der Waals surface area contributed by atoms with E-state index < -0.39 is 43.2 Å². The molecule has 1 heterocycles. The average molecular weight is 484 g/mol. The molecule has 5 unspecified atom stereocenters. The Balaban J connectivity index is 2.22. The fraction of sp³-hybridized carbons (Fsp3) is 0.429. The van der Waals surface area contributed by atoms with E-state index in [1.54, 1.807) is 25.1 Å². The highest BCUT2D eigenvalue weighted by Crippen LogP contribution is 2.36. The van der Waals surface area contributed by atoms with Gasteiger partial charge in [0.1, 0.15) is 22.8 Å². The summed E-state index contributed by atoms with van der Waals surface area (Å²) in [5.74, 6) is -0.900. The summed E-state index contributed by atoms with van der Waals surface area (Å²) in [5.41, 5.74) is 6.70. The first-order valence-corrected chi connectivity index (χ1v) is 10.8. The molecule has 1 aromatic carbocycles. The number of urea groups is 1. The molecule has 0 saturated heterocycles. The van der Waals surface area contributed by atoms with E-state index >= 15 is 0 Å². The average Bonchev–Trinajstić information content (AvgIpc) is 3.20. The van der Waals surface area contributed by atoms with E-state index in [1.165, 1.54) is 20.0 Å². The van der Waals surface area contributed by atoms with Crippen LogP contribution in [0.3, 0.4) is 0 Å². The summed E-state index contributed by atoms with van der Waals surface area (Å²) >= 11 is 1.14. The van der Waals surface area contributed by atoms with E-state index in [0.717, 1.165) is 11.3 Å². The normalized spacial score (nSPS) is 15.8. The zero-order valence-corrected chi connectivity index (χ0v) is 19.2. The Morgan fingerprint density at radius 3 is 2.33 bits per heavy atom. The van der Waals surface area contributed by atoms with Crippen LogP contribution in [0.4, 0.5) is 10.5 Å². The third-order valence-electron chi connectivity index (χ3n) is 4.99. The van der Waals surface area contributed by atoms with Crippen LogP contribution in [0.15, 0.2) is 24.3 Å². The molecule has 3 amide bonds. The number of aryl methyl sites for hydroxylation is 1. The van der Waals surface area contributed by atoms with Gasteiger partial charge in [-0.1, -0.05) is 6.92 Å². The molecule has 0 fully saturated rings. The molecule has 9 N–H and O–H groups in total. The van der Waals surface area contributed by atoms with Gasteiger partial charge in [0.05, 0.1) is 11.8 Å². The van der Waals surface area contributed by atoms with Crippen LogP contribution in [0.25, 0.3) is 10.4 Å². The largest absolute Gasteiger partial charge is 0.462 e. The fourth-order valence-corrected chi connectivity index (χ4v) is 4.05. The van der Waals surface area contributed by atoms with E-state index in [1.807, 2.05) is 0 Å². The number of ether oxygens (including phenoxy) is 1. The maximum atomic E-state index is 12.1. The summed E-state index contributed by atoms with van der Waals surface area (Å²) in [6.07, 6.45) is -6.89. The predicted molar refractivity (Wildman–Crippen MR) is 122 cm³/mol. The number of hydrogen-bond donors (Lipinski definition) is 8. The third-order valence-corrected chi connectivity index (χ3v) is 6.18. The summed E-state index contributed by atoms with van der Waals surface area (Å²) in [6, 6.07) is 5.68. The summed E-state index contributed by atoms with van der Waals surface area (Å²) in [6.45, 7) is 2.75. The molecule has 12 heteroatoms. The van der Waals surface area contributed by atoms with Gasteiger partial charge in [0.2, 0.25) is 6.29 Å². The van der Waals surface area contributed by atoms with Gasteiger partial charge in [-0.3, -0.25) is 4.79 Å². The highest BCUT2D eigenvalue weighted by Gasteiger charge is 2.34.